The van der Waals surface area contributed by atoms with Gasteiger partial charge in [-0.1, -0.05) is 13.8 Å². The van der Waals surface area contributed by atoms with Crippen molar-refractivity contribution >= 4 is 11.6 Å². The van der Waals surface area contributed by atoms with Gasteiger partial charge in [-0.15, -0.1) is 11.6 Å². The first-order chi connectivity index (χ1) is 5.93. The topological polar surface area (TPSA) is 9.23 Å². The van der Waals surface area contributed by atoms with Crippen molar-refractivity contribution in [1.82, 2.24) is 0 Å². The molecule has 1 unspecified atom stereocenters. The van der Waals surface area contributed by atoms with E-state index in [1.165, 1.54) is 0 Å². The second kappa shape index (κ2) is 5.87. The summed E-state index contributed by atoms with van der Waals surface area (Å²) in [4.78, 5) is 0. The minimum atomic E-state index is -0.000795. The number of halogens is 1. The second-order valence-electron chi connectivity index (χ2n) is 4.66. The van der Waals surface area contributed by atoms with Crippen LogP contribution in [0.15, 0.2) is 0 Å². The highest BCUT2D eigenvalue weighted by Gasteiger charge is 2.20. The molecule has 2 heteroatoms. The minimum Gasteiger partial charge on any atom is -0.379 e. The lowest BCUT2D eigenvalue weighted by atomic mass is 9.89. The first-order valence-corrected chi connectivity index (χ1v) is 5.57. The molecule has 0 aliphatic heterocycles. The summed E-state index contributed by atoms with van der Waals surface area (Å²) in [5.74, 6) is 2.05. The van der Waals surface area contributed by atoms with Crippen LogP contribution < -0.4 is 0 Å². The van der Waals surface area contributed by atoms with Crippen LogP contribution in [-0.4, -0.2) is 18.6 Å². The van der Waals surface area contributed by atoms with Crippen LogP contribution in [0.4, 0.5) is 0 Å². The Bertz CT molecular complexity index is 132. The average Bonchev–Trinajstić information content (AvgIpc) is 2.05. The third-order valence-electron chi connectivity index (χ3n) is 2.81. The zero-order valence-electron chi connectivity index (χ0n) is 9.56. The lowest BCUT2D eigenvalue weighted by Gasteiger charge is -2.26. The largest absolute Gasteiger partial charge is 0.379 e. The van der Waals surface area contributed by atoms with Gasteiger partial charge >= 0.3 is 0 Å². The van der Waals surface area contributed by atoms with E-state index in [4.69, 9.17) is 16.3 Å². The Morgan fingerprint density at radius 1 is 1.31 bits per heavy atom. The maximum atomic E-state index is 5.89. The summed E-state index contributed by atoms with van der Waals surface area (Å²) in [5.41, 5.74) is -0.000795. The van der Waals surface area contributed by atoms with Crippen LogP contribution in [0, 0.1) is 11.8 Å². The Morgan fingerprint density at radius 3 is 2.15 bits per heavy atom. The quantitative estimate of drug-likeness (QED) is 0.603. The van der Waals surface area contributed by atoms with Gasteiger partial charge in [-0.25, -0.2) is 0 Å². The lowest BCUT2D eigenvalue weighted by molar-refractivity contribution is 0.00962. The molecule has 0 amide bonds. The van der Waals surface area contributed by atoms with E-state index in [1.807, 2.05) is 0 Å². The van der Waals surface area contributed by atoms with Gasteiger partial charge in [0.2, 0.25) is 0 Å². The van der Waals surface area contributed by atoms with Gasteiger partial charge in [0.15, 0.2) is 0 Å². The lowest BCUT2D eigenvalue weighted by Crippen LogP contribution is -2.24. The second-order valence-corrected chi connectivity index (χ2v) is 4.97. The Kier molecular flexibility index (Phi) is 5.98. The molecular formula is C11H23ClO. The molecule has 1 atom stereocenters. The molecule has 0 aromatic rings. The van der Waals surface area contributed by atoms with E-state index >= 15 is 0 Å². The first-order valence-electron chi connectivity index (χ1n) is 5.04. The highest BCUT2D eigenvalue weighted by atomic mass is 35.5. The monoisotopic (exact) mass is 206 g/mol. The van der Waals surface area contributed by atoms with Gasteiger partial charge in [0, 0.05) is 13.0 Å². The third kappa shape index (κ3) is 5.53. The SMILES string of the molecule is COC(C)(C)CCC(CCl)C(C)C. The zero-order valence-corrected chi connectivity index (χ0v) is 10.3. The molecule has 80 valence electrons. The summed E-state index contributed by atoms with van der Waals surface area (Å²) >= 11 is 5.89. The summed E-state index contributed by atoms with van der Waals surface area (Å²) in [6, 6.07) is 0. The molecule has 1 nitrogen and oxygen atoms in total. The van der Waals surface area contributed by atoms with Gasteiger partial charge in [-0.2, -0.15) is 0 Å². The van der Waals surface area contributed by atoms with E-state index in [2.05, 4.69) is 27.7 Å². The fourth-order valence-corrected chi connectivity index (χ4v) is 1.73. The molecule has 13 heavy (non-hydrogen) atoms. The molecule has 0 aliphatic carbocycles. The first kappa shape index (κ1) is 13.2. The van der Waals surface area contributed by atoms with Crippen molar-refractivity contribution in [1.29, 1.82) is 0 Å². The van der Waals surface area contributed by atoms with Crippen LogP contribution >= 0.6 is 11.6 Å². The van der Waals surface area contributed by atoms with Crippen LogP contribution in [0.2, 0.25) is 0 Å². The van der Waals surface area contributed by atoms with E-state index < -0.39 is 0 Å². The molecule has 0 aliphatic rings. The molecular weight excluding hydrogens is 184 g/mol. The summed E-state index contributed by atoms with van der Waals surface area (Å²) in [6.07, 6.45) is 2.24. The number of methoxy groups -OCH3 is 1. The van der Waals surface area contributed by atoms with Gasteiger partial charge in [0.05, 0.1) is 5.60 Å². The Balaban J connectivity index is 3.85. The predicted molar refractivity (Wildman–Crippen MR) is 59.4 cm³/mol. The van der Waals surface area contributed by atoms with Crippen molar-refractivity contribution in [3.8, 4) is 0 Å². The maximum Gasteiger partial charge on any atom is 0.0622 e. The molecule has 0 saturated heterocycles. The van der Waals surface area contributed by atoms with Crippen molar-refractivity contribution < 1.29 is 4.74 Å². The zero-order chi connectivity index (χ0) is 10.5. The summed E-state index contributed by atoms with van der Waals surface area (Å²) in [5, 5.41) is 0. The molecule has 0 aromatic heterocycles. The molecule has 0 rings (SSSR count). The molecule has 0 bridgehead atoms. The Morgan fingerprint density at radius 2 is 1.85 bits per heavy atom. The Labute approximate surface area is 87.8 Å². The number of rotatable bonds is 6. The Hall–Kier alpha value is 0.250. The summed E-state index contributed by atoms with van der Waals surface area (Å²) < 4.78 is 5.37. The summed E-state index contributed by atoms with van der Waals surface area (Å²) in [6.45, 7) is 8.71. The van der Waals surface area contributed by atoms with Gasteiger partial charge < -0.3 is 4.74 Å². The van der Waals surface area contributed by atoms with Crippen LogP contribution in [-0.2, 0) is 4.74 Å². The van der Waals surface area contributed by atoms with Crippen molar-refractivity contribution in [2.45, 2.75) is 46.1 Å². The standard InChI is InChI=1S/C11H23ClO/c1-9(2)10(8-12)6-7-11(3,4)13-5/h9-10H,6-8H2,1-5H3. The summed E-state index contributed by atoms with van der Waals surface area (Å²) in [7, 11) is 1.77. The van der Waals surface area contributed by atoms with Crippen molar-refractivity contribution in [2.24, 2.45) is 11.8 Å². The molecule has 0 saturated carbocycles. The van der Waals surface area contributed by atoms with Gasteiger partial charge in [-0.3, -0.25) is 0 Å². The van der Waals surface area contributed by atoms with Crippen LogP contribution in [0.5, 0.6) is 0 Å². The van der Waals surface area contributed by atoms with Crippen molar-refractivity contribution in [3.63, 3.8) is 0 Å². The molecule has 0 radical (unpaired) electrons. The van der Waals surface area contributed by atoms with Crippen LogP contribution in [0.3, 0.4) is 0 Å². The molecule has 0 aromatic carbocycles. The smallest absolute Gasteiger partial charge is 0.0622 e. The highest BCUT2D eigenvalue weighted by Crippen LogP contribution is 2.24. The fraction of sp³-hybridized carbons (Fsp3) is 1.00. The third-order valence-corrected chi connectivity index (χ3v) is 3.21. The van der Waals surface area contributed by atoms with Crippen LogP contribution in [0.25, 0.3) is 0 Å². The molecule has 0 fully saturated rings. The normalized spacial score (nSPS) is 15.0. The van der Waals surface area contributed by atoms with Gasteiger partial charge in [0.1, 0.15) is 0 Å². The van der Waals surface area contributed by atoms with E-state index in [9.17, 15) is 0 Å². The maximum absolute atomic E-state index is 5.89. The number of alkyl halides is 1. The van der Waals surface area contributed by atoms with Crippen molar-refractivity contribution in [3.05, 3.63) is 0 Å². The predicted octanol–water partition coefficient (Wildman–Crippen LogP) is 3.70. The van der Waals surface area contributed by atoms with Crippen molar-refractivity contribution in [2.75, 3.05) is 13.0 Å². The van der Waals surface area contributed by atoms with E-state index in [-0.39, 0.29) is 5.60 Å². The molecule has 0 N–H and O–H groups in total. The van der Waals surface area contributed by atoms with Gasteiger partial charge in [-0.05, 0) is 38.5 Å². The highest BCUT2D eigenvalue weighted by molar-refractivity contribution is 6.18. The number of hydrogen-bond donors (Lipinski definition) is 0. The molecule has 0 heterocycles. The number of hydrogen-bond acceptors (Lipinski definition) is 1. The van der Waals surface area contributed by atoms with E-state index in [0.29, 0.717) is 11.8 Å². The minimum absolute atomic E-state index is 0.000795. The van der Waals surface area contributed by atoms with E-state index in [0.717, 1.165) is 18.7 Å². The number of ether oxygens (including phenoxy) is 1. The van der Waals surface area contributed by atoms with E-state index in [1.54, 1.807) is 7.11 Å². The van der Waals surface area contributed by atoms with Gasteiger partial charge in [0.25, 0.3) is 0 Å². The molecule has 0 spiro atoms. The fourth-order valence-electron chi connectivity index (χ4n) is 1.22. The average molecular weight is 207 g/mol. The van der Waals surface area contributed by atoms with Crippen LogP contribution in [0.1, 0.15) is 40.5 Å².